The summed E-state index contributed by atoms with van der Waals surface area (Å²) in [4.78, 5) is 21.6. The largest absolute Gasteiger partial charge is 0.508 e. The minimum absolute atomic E-state index is 0.209. The molecule has 0 saturated carbocycles. The number of carbonyl (C=O) groups excluding carboxylic acids is 2. The molecule has 0 saturated heterocycles. The van der Waals surface area contributed by atoms with E-state index in [0.29, 0.717) is 6.42 Å². The van der Waals surface area contributed by atoms with E-state index in [2.05, 4.69) is 14.5 Å². The Morgan fingerprint density at radius 2 is 2.29 bits per heavy atom. The molecule has 0 aliphatic rings. The molecule has 0 fully saturated rings. The van der Waals surface area contributed by atoms with E-state index < -0.39 is 12.1 Å². The number of nitrogens with zero attached hydrogens (tertiary/aromatic N) is 2. The molecule has 1 aromatic heterocycles. The molecule has 1 rings (SSSR count). The smallest absolute Gasteiger partial charge is 0.387 e. The van der Waals surface area contributed by atoms with Crippen molar-refractivity contribution in [3.8, 4) is 0 Å². The maximum Gasteiger partial charge on any atom is 0.387 e. The molecule has 76 valence electrons. The van der Waals surface area contributed by atoms with E-state index in [9.17, 15) is 14.7 Å². The highest BCUT2D eigenvalue weighted by atomic mass is 16.6. The Hall–Kier alpha value is -1.92. The molecule has 0 aliphatic carbocycles. The van der Waals surface area contributed by atoms with Crippen LogP contribution in [0.5, 0.6) is 0 Å². The highest BCUT2D eigenvalue weighted by Crippen LogP contribution is 2.02. The quantitative estimate of drug-likeness (QED) is 0.426. The Morgan fingerprint density at radius 3 is 2.71 bits per heavy atom. The van der Waals surface area contributed by atoms with E-state index in [1.165, 1.54) is 0 Å². The van der Waals surface area contributed by atoms with Crippen molar-refractivity contribution in [3.63, 3.8) is 0 Å². The molecule has 0 radical (unpaired) electrons. The highest BCUT2D eigenvalue weighted by Gasteiger charge is 2.31. The third kappa shape index (κ3) is 1.56. The van der Waals surface area contributed by atoms with Gasteiger partial charge in [-0.3, -0.25) is 0 Å². The molecule has 0 aliphatic heterocycles. The van der Waals surface area contributed by atoms with Gasteiger partial charge in [-0.15, -0.1) is 0 Å². The van der Waals surface area contributed by atoms with E-state index >= 15 is 0 Å². The lowest BCUT2D eigenvalue weighted by Crippen LogP contribution is -2.54. The summed E-state index contributed by atoms with van der Waals surface area (Å²) in [6.45, 7) is 1.70. The molecule has 1 heterocycles. The van der Waals surface area contributed by atoms with Gasteiger partial charge in [0.2, 0.25) is 0 Å². The predicted molar refractivity (Wildman–Crippen MR) is 38.2 cm³/mol. The second-order valence-electron chi connectivity index (χ2n) is 2.37. The number of ether oxygens (including phenoxy) is 1. The zero-order valence-corrected chi connectivity index (χ0v) is 7.64. The van der Waals surface area contributed by atoms with Gasteiger partial charge < -0.3 is 14.6 Å². The molecule has 0 N–H and O–H groups in total. The van der Waals surface area contributed by atoms with Crippen LogP contribution in [0, 0.1) is 0 Å². The maximum atomic E-state index is 11.1. The van der Waals surface area contributed by atoms with Crippen molar-refractivity contribution in [3.05, 3.63) is 11.4 Å². The minimum atomic E-state index is -1.67. The summed E-state index contributed by atoms with van der Waals surface area (Å²) >= 11 is 0. The minimum Gasteiger partial charge on any atom is -0.508 e. The van der Waals surface area contributed by atoms with Gasteiger partial charge in [0, 0.05) is 11.2 Å². The first-order chi connectivity index (χ1) is 6.61. The van der Waals surface area contributed by atoms with E-state index in [1.54, 1.807) is 6.92 Å². The number of methoxy groups -OCH3 is 1. The molecular formula is C7H8N2O5. The van der Waals surface area contributed by atoms with Gasteiger partial charge in [0.25, 0.3) is 11.8 Å². The van der Waals surface area contributed by atoms with Crippen molar-refractivity contribution in [1.82, 2.24) is 5.16 Å². The van der Waals surface area contributed by atoms with Crippen molar-refractivity contribution < 1.29 is 28.8 Å². The Morgan fingerprint density at radius 1 is 1.64 bits per heavy atom. The summed E-state index contributed by atoms with van der Waals surface area (Å²) in [5.74, 6) is -0.827. The number of carboxylic acid groups (broad SMARTS) is 1. The van der Waals surface area contributed by atoms with Gasteiger partial charge >= 0.3 is 11.7 Å². The van der Waals surface area contributed by atoms with E-state index in [1.807, 2.05) is 0 Å². The van der Waals surface area contributed by atoms with Gasteiger partial charge in [0.1, 0.15) is 0 Å². The van der Waals surface area contributed by atoms with Crippen molar-refractivity contribution >= 4 is 12.1 Å². The van der Waals surface area contributed by atoms with Gasteiger partial charge in [-0.2, -0.15) is 0 Å². The average molecular weight is 200 g/mol. The van der Waals surface area contributed by atoms with Crippen molar-refractivity contribution in [1.29, 1.82) is 0 Å². The predicted octanol–water partition coefficient (Wildman–Crippen LogP) is -1.50. The van der Waals surface area contributed by atoms with Crippen LogP contribution >= 0.6 is 0 Å². The Kier molecular flexibility index (Phi) is 2.80. The van der Waals surface area contributed by atoms with E-state index in [0.717, 1.165) is 7.11 Å². The third-order valence-corrected chi connectivity index (χ3v) is 1.59. The molecule has 1 aromatic rings. The molecule has 0 aromatic carbocycles. The van der Waals surface area contributed by atoms with Crippen molar-refractivity contribution in [2.75, 3.05) is 7.11 Å². The monoisotopic (exact) mass is 200 g/mol. The second-order valence-corrected chi connectivity index (χ2v) is 2.37. The second kappa shape index (κ2) is 3.86. The number of carbonyl (C=O) groups is 2. The van der Waals surface area contributed by atoms with Crippen LogP contribution in [0.25, 0.3) is 0 Å². The van der Waals surface area contributed by atoms with E-state index in [-0.39, 0.29) is 16.1 Å². The van der Waals surface area contributed by atoms with Gasteiger partial charge in [0.15, 0.2) is 5.16 Å². The van der Waals surface area contributed by atoms with Crippen LogP contribution < -0.4 is 9.85 Å². The molecule has 0 atom stereocenters. The molecule has 7 nitrogen and oxygen atoms in total. The number of rotatable bonds is 2. The lowest BCUT2D eigenvalue weighted by molar-refractivity contribution is -0.804. The first kappa shape index (κ1) is 10.2. The van der Waals surface area contributed by atoms with Gasteiger partial charge in [-0.25, -0.2) is 4.79 Å². The topological polar surface area (TPSA) is 96.3 Å². The number of hydrogen-bond donors (Lipinski definition) is 0. The van der Waals surface area contributed by atoms with Crippen molar-refractivity contribution in [2.24, 2.45) is 0 Å². The van der Waals surface area contributed by atoms with Crippen LogP contribution in [0.4, 0.5) is 4.79 Å². The fourth-order valence-electron chi connectivity index (χ4n) is 0.945. The lowest BCUT2D eigenvalue weighted by atomic mass is 10.2. The van der Waals surface area contributed by atoms with Crippen LogP contribution in [0.3, 0.4) is 0 Å². The fourth-order valence-corrected chi connectivity index (χ4v) is 0.945. The number of aryl methyl sites for hydroxylation is 1. The van der Waals surface area contributed by atoms with Crippen LogP contribution in [0.15, 0.2) is 4.63 Å². The first-order valence-corrected chi connectivity index (χ1v) is 3.82. The molecule has 0 bridgehead atoms. The molecular weight excluding hydrogens is 192 g/mol. The number of aromatic nitrogens is 2. The zero-order chi connectivity index (χ0) is 10.7. The summed E-state index contributed by atoms with van der Waals surface area (Å²) in [6, 6.07) is 0. The highest BCUT2D eigenvalue weighted by molar-refractivity contribution is 5.87. The fraction of sp³-hybridized carbons (Fsp3) is 0.429. The lowest BCUT2D eigenvalue weighted by Gasteiger charge is -1.95. The van der Waals surface area contributed by atoms with Crippen LogP contribution in [0.2, 0.25) is 0 Å². The molecule has 0 unspecified atom stereocenters. The van der Waals surface area contributed by atoms with E-state index in [4.69, 9.17) is 0 Å². The first-order valence-electron chi connectivity index (χ1n) is 3.82. The molecule has 14 heavy (non-hydrogen) atoms. The molecule has 0 spiro atoms. The molecule has 0 amide bonds. The van der Waals surface area contributed by atoms with Crippen molar-refractivity contribution in [2.45, 2.75) is 13.3 Å². The Labute approximate surface area is 78.8 Å². The average Bonchev–Trinajstić information content (AvgIpc) is 2.59. The number of esters is 1. The van der Waals surface area contributed by atoms with Gasteiger partial charge in [0.05, 0.1) is 7.11 Å². The Balaban J connectivity index is 3.26. The SMILES string of the molecule is CCc1no[n+](C(=O)[O-])c1C(=O)OC. The molecule has 7 heteroatoms. The standard InChI is InChI=1S/C7H8N2O5/c1-3-4-5(6(10)13-2)9(7(11)12)14-8-4/h3H2,1-2H3. The summed E-state index contributed by atoms with van der Waals surface area (Å²) in [7, 11) is 1.13. The van der Waals surface area contributed by atoms with Gasteiger partial charge in [-0.05, 0) is 0 Å². The van der Waals surface area contributed by atoms with Gasteiger partial charge in [-0.1, -0.05) is 11.6 Å². The maximum absolute atomic E-state index is 11.1. The zero-order valence-electron chi connectivity index (χ0n) is 7.64. The summed E-state index contributed by atoms with van der Waals surface area (Å²) < 4.78 is 9.02. The normalized spacial score (nSPS) is 9.86. The van der Waals surface area contributed by atoms with Crippen LogP contribution in [-0.4, -0.2) is 24.3 Å². The van der Waals surface area contributed by atoms with Crippen LogP contribution in [0.1, 0.15) is 23.1 Å². The van der Waals surface area contributed by atoms with Crippen LogP contribution in [-0.2, 0) is 11.2 Å². The summed E-state index contributed by atoms with van der Waals surface area (Å²) in [6.07, 6.45) is -1.31. The summed E-state index contributed by atoms with van der Waals surface area (Å²) in [5, 5.41) is 13.9. The number of hydrogen-bond acceptors (Lipinski definition) is 6. The summed E-state index contributed by atoms with van der Waals surface area (Å²) in [5.41, 5.74) is -0.0453. The third-order valence-electron chi connectivity index (χ3n) is 1.59. The Bertz CT molecular complexity index is 370.